The molecule has 0 spiro atoms. The first-order chi connectivity index (χ1) is 11.3. The SMILES string of the molecule is CCC(c1ccccc1)C1CCCN1C(=O)[C@@H]1CCC[C@@H]1CN.Cl. The van der Waals surface area contributed by atoms with Gasteiger partial charge in [0.15, 0.2) is 0 Å². The Morgan fingerprint density at radius 1 is 1.21 bits per heavy atom. The van der Waals surface area contributed by atoms with E-state index in [-0.39, 0.29) is 18.3 Å². The fraction of sp³-hybridized carbons (Fsp3) is 0.650. The maximum Gasteiger partial charge on any atom is 0.226 e. The molecule has 1 saturated carbocycles. The van der Waals surface area contributed by atoms with Gasteiger partial charge in [0.2, 0.25) is 5.91 Å². The minimum Gasteiger partial charge on any atom is -0.339 e. The number of hydrogen-bond acceptors (Lipinski definition) is 2. The second kappa shape index (κ2) is 8.87. The summed E-state index contributed by atoms with van der Waals surface area (Å²) in [6.07, 6.45) is 6.68. The quantitative estimate of drug-likeness (QED) is 0.873. The van der Waals surface area contributed by atoms with Gasteiger partial charge >= 0.3 is 0 Å². The van der Waals surface area contributed by atoms with Gasteiger partial charge in [-0.3, -0.25) is 4.79 Å². The van der Waals surface area contributed by atoms with Gasteiger partial charge in [-0.2, -0.15) is 0 Å². The number of nitrogens with zero attached hydrogens (tertiary/aromatic N) is 1. The first-order valence-corrected chi connectivity index (χ1v) is 9.31. The van der Waals surface area contributed by atoms with Gasteiger partial charge in [0.25, 0.3) is 0 Å². The van der Waals surface area contributed by atoms with Crippen molar-refractivity contribution in [2.75, 3.05) is 13.1 Å². The van der Waals surface area contributed by atoms with E-state index in [4.69, 9.17) is 5.73 Å². The van der Waals surface area contributed by atoms with Gasteiger partial charge in [0.05, 0.1) is 0 Å². The van der Waals surface area contributed by atoms with Crippen molar-refractivity contribution >= 4 is 18.3 Å². The molecule has 24 heavy (non-hydrogen) atoms. The van der Waals surface area contributed by atoms with Crippen molar-refractivity contribution in [2.45, 2.75) is 57.4 Å². The molecule has 1 aromatic rings. The Bertz CT molecular complexity index is 522. The molecule has 2 unspecified atom stereocenters. The van der Waals surface area contributed by atoms with Gasteiger partial charge in [-0.15, -0.1) is 12.4 Å². The molecule has 3 rings (SSSR count). The molecule has 2 fully saturated rings. The lowest BCUT2D eigenvalue weighted by Gasteiger charge is -2.34. The standard InChI is InChI=1S/C20H30N2O.ClH/c1-2-17(15-8-4-3-5-9-15)19-12-7-13-22(19)20(23)18-11-6-10-16(18)14-21;/h3-5,8-9,16-19H,2,6-7,10-14,21H2,1H3;1H/t16-,17?,18-,19?;/m1./s1. The molecule has 2 N–H and O–H groups in total. The maximum absolute atomic E-state index is 13.1. The molecule has 1 aliphatic heterocycles. The zero-order chi connectivity index (χ0) is 16.2. The van der Waals surface area contributed by atoms with E-state index in [1.54, 1.807) is 0 Å². The minimum atomic E-state index is 0. The lowest BCUT2D eigenvalue weighted by atomic mass is 9.86. The van der Waals surface area contributed by atoms with Crippen LogP contribution in [0, 0.1) is 11.8 Å². The van der Waals surface area contributed by atoms with E-state index in [0.717, 1.165) is 45.1 Å². The van der Waals surface area contributed by atoms with Crippen LogP contribution in [-0.2, 0) is 4.79 Å². The summed E-state index contributed by atoms with van der Waals surface area (Å²) in [5.41, 5.74) is 7.28. The summed E-state index contributed by atoms with van der Waals surface area (Å²) in [6.45, 7) is 3.84. The predicted octanol–water partition coefficient (Wildman–Crippen LogP) is 3.97. The number of nitrogens with two attached hydrogens (primary N) is 1. The molecule has 1 saturated heterocycles. The van der Waals surface area contributed by atoms with Crippen molar-refractivity contribution in [3.05, 3.63) is 35.9 Å². The molecule has 1 heterocycles. The van der Waals surface area contributed by atoms with E-state index in [0.29, 0.717) is 30.3 Å². The van der Waals surface area contributed by atoms with E-state index in [9.17, 15) is 4.79 Å². The van der Waals surface area contributed by atoms with Gasteiger partial charge < -0.3 is 10.6 Å². The van der Waals surface area contributed by atoms with E-state index in [1.165, 1.54) is 5.56 Å². The van der Waals surface area contributed by atoms with Crippen LogP contribution in [0.1, 0.15) is 56.9 Å². The van der Waals surface area contributed by atoms with Crippen molar-refractivity contribution < 1.29 is 4.79 Å². The van der Waals surface area contributed by atoms with Crippen LogP contribution in [0.4, 0.5) is 0 Å². The number of hydrogen-bond donors (Lipinski definition) is 1. The molecule has 0 bridgehead atoms. The number of amides is 1. The van der Waals surface area contributed by atoms with Crippen molar-refractivity contribution in [3.8, 4) is 0 Å². The van der Waals surface area contributed by atoms with Crippen LogP contribution in [0.5, 0.6) is 0 Å². The van der Waals surface area contributed by atoms with Crippen molar-refractivity contribution in [2.24, 2.45) is 17.6 Å². The average molecular weight is 351 g/mol. The molecular weight excluding hydrogens is 320 g/mol. The molecule has 1 amide bonds. The monoisotopic (exact) mass is 350 g/mol. The minimum absolute atomic E-state index is 0. The highest BCUT2D eigenvalue weighted by Gasteiger charge is 2.40. The predicted molar refractivity (Wildman–Crippen MR) is 101 cm³/mol. The number of likely N-dealkylation sites (tertiary alicyclic amines) is 1. The molecule has 1 aliphatic carbocycles. The zero-order valence-corrected chi connectivity index (χ0v) is 15.5. The van der Waals surface area contributed by atoms with Crippen LogP contribution in [0.3, 0.4) is 0 Å². The highest BCUT2D eigenvalue weighted by Crippen LogP contribution is 2.38. The third-order valence-electron chi connectivity index (χ3n) is 5.99. The normalized spacial score (nSPS) is 27.8. The van der Waals surface area contributed by atoms with Gasteiger partial charge in [-0.05, 0) is 50.1 Å². The highest BCUT2D eigenvalue weighted by atomic mass is 35.5. The lowest BCUT2D eigenvalue weighted by Crippen LogP contribution is -2.44. The van der Waals surface area contributed by atoms with Gasteiger partial charge in [-0.25, -0.2) is 0 Å². The Balaban J connectivity index is 0.00000208. The fourth-order valence-corrected chi connectivity index (χ4v) is 4.77. The van der Waals surface area contributed by atoms with Crippen LogP contribution < -0.4 is 5.73 Å². The summed E-state index contributed by atoms with van der Waals surface area (Å²) in [4.78, 5) is 15.4. The summed E-state index contributed by atoms with van der Waals surface area (Å²) in [5.74, 6) is 1.42. The van der Waals surface area contributed by atoms with Crippen molar-refractivity contribution in [3.63, 3.8) is 0 Å². The van der Waals surface area contributed by atoms with Crippen molar-refractivity contribution in [1.82, 2.24) is 4.90 Å². The largest absolute Gasteiger partial charge is 0.339 e. The summed E-state index contributed by atoms with van der Waals surface area (Å²) < 4.78 is 0. The highest BCUT2D eigenvalue weighted by molar-refractivity contribution is 5.85. The average Bonchev–Trinajstić information content (AvgIpc) is 3.25. The first-order valence-electron chi connectivity index (χ1n) is 9.31. The summed E-state index contributed by atoms with van der Waals surface area (Å²) >= 11 is 0. The molecule has 0 radical (unpaired) electrons. The number of halogens is 1. The summed E-state index contributed by atoms with van der Waals surface area (Å²) in [7, 11) is 0. The van der Waals surface area contributed by atoms with Gasteiger partial charge in [0.1, 0.15) is 0 Å². The van der Waals surface area contributed by atoms with E-state index < -0.39 is 0 Å². The number of benzene rings is 1. The molecule has 3 nitrogen and oxygen atoms in total. The van der Waals surface area contributed by atoms with Crippen LogP contribution >= 0.6 is 12.4 Å². The van der Waals surface area contributed by atoms with Crippen LogP contribution in [0.15, 0.2) is 30.3 Å². The molecule has 2 aliphatic rings. The fourth-order valence-electron chi connectivity index (χ4n) is 4.77. The van der Waals surface area contributed by atoms with E-state index >= 15 is 0 Å². The Hall–Kier alpha value is -1.06. The van der Waals surface area contributed by atoms with E-state index in [1.807, 2.05) is 0 Å². The molecule has 4 atom stereocenters. The zero-order valence-electron chi connectivity index (χ0n) is 14.7. The van der Waals surface area contributed by atoms with Crippen molar-refractivity contribution in [1.29, 1.82) is 0 Å². The molecule has 1 aromatic carbocycles. The smallest absolute Gasteiger partial charge is 0.226 e. The molecular formula is C20H31ClN2O. The second-order valence-corrected chi connectivity index (χ2v) is 7.20. The number of rotatable bonds is 5. The molecule has 0 aromatic heterocycles. The summed E-state index contributed by atoms with van der Waals surface area (Å²) in [6, 6.07) is 11.1. The van der Waals surface area contributed by atoms with E-state index in [2.05, 4.69) is 42.2 Å². The van der Waals surface area contributed by atoms with Crippen LogP contribution in [0.2, 0.25) is 0 Å². The summed E-state index contributed by atoms with van der Waals surface area (Å²) in [5, 5.41) is 0. The molecule has 4 heteroatoms. The van der Waals surface area contributed by atoms with Crippen LogP contribution in [-0.4, -0.2) is 29.9 Å². The Morgan fingerprint density at radius 2 is 1.96 bits per heavy atom. The van der Waals surface area contributed by atoms with Gasteiger partial charge in [-0.1, -0.05) is 43.7 Å². The van der Waals surface area contributed by atoms with Crippen LogP contribution in [0.25, 0.3) is 0 Å². The lowest BCUT2D eigenvalue weighted by molar-refractivity contribution is -0.137. The topological polar surface area (TPSA) is 46.3 Å². The Morgan fingerprint density at radius 3 is 2.62 bits per heavy atom. The third kappa shape index (κ3) is 3.78. The number of carbonyl (C=O) groups excluding carboxylic acids is 1. The Kier molecular flexibility index (Phi) is 7.12. The molecule has 134 valence electrons. The number of carbonyl (C=O) groups is 1. The first kappa shape index (κ1) is 19.3. The second-order valence-electron chi connectivity index (χ2n) is 7.20. The third-order valence-corrected chi connectivity index (χ3v) is 5.99. The Labute approximate surface area is 152 Å². The maximum atomic E-state index is 13.1. The van der Waals surface area contributed by atoms with Gasteiger partial charge in [0, 0.05) is 24.4 Å².